The largest absolute Gasteiger partial charge is 0.495 e. The summed E-state index contributed by atoms with van der Waals surface area (Å²) >= 11 is 12.2. The van der Waals surface area contributed by atoms with Gasteiger partial charge in [-0.25, -0.2) is 0 Å². The van der Waals surface area contributed by atoms with Crippen molar-refractivity contribution in [3.8, 4) is 11.8 Å². The van der Waals surface area contributed by atoms with Crippen LogP contribution in [-0.2, 0) is 0 Å². The first-order chi connectivity index (χ1) is 9.97. The minimum Gasteiger partial charge on any atom is -0.495 e. The number of nitriles is 1. The van der Waals surface area contributed by atoms with Gasteiger partial charge in [-0.2, -0.15) is 5.26 Å². The lowest BCUT2D eigenvalue weighted by Gasteiger charge is -2.13. The highest BCUT2D eigenvalue weighted by atomic mass is 35.5. The molecule has 2 rings (SSSR count). The van der Waals surface area contributed by atoms with Gasteiger partial charge in [0.2, 0.25) is 0 Å². The van der Waals surface area contributed by atoms with Gasteiger partial charge in [0.05, 0.1) is 39.4 Å². The monoisotopic (exact) mass is 319 g/mol. The van der Waals surface area contributed by atoms with E-state index in [9.17, 15) is 0 Å². The summed E-state index contributed by atoms with van der Waals surface area (Å²) in [6.07, 6.45) is 1.43. The highest BCUT2D eigenvalue weighted by molar-refractivity contribution is 6.37. The van der Waals surface area contributed by atoms with E-state index in [2.05, 4.69) is 29.5 Å². The zero-order valence-corrected chi connectivity index (χ0v) is 12.7. The SMILES string of the molecule is C=c1ncc(C#N)c(Nc2cc(OC)c(Cl)cc2Cl)c1=C. The number of pyridine rings is 1. The minimum absolute atomic E-state index is 0.345. The lowest BCUT2D eigenvalue weighted by Crippen LogP contribution is -2.28. The molecule has 1 aromatic heterocycles. The summed E-state index contributed by atoms with van der Waals surface area (Å²) in [7, 11) is 1.51. The molecular weight excluding hydrogens is 309 g/mol. The molecule has 0 unspecified atom stereocenters. The van der Waals surface area contributed by atoms with Crippen LogP contribution in [0.5, 0.6) is 5.75 Å². The zero-order chi connectivity index (χ0) is 15.6. The van der Waals surface area contributed by atoms with Gasteiger partial charge in [-0.05, 0) is 6.07 Å². The molecule has 1 heterocycles. The molecule has 0 aliphatic heterocycles. The van der Waals surface area contributed by atoms with Crippen LogP contribution in [0, 0.1) is 11.3 Å². The van der Waals surface area contributed by atoms with Crippen LogP contribution in [0.15, 0.2) is 18.3 Å². The third-order valence-electron chi connectivity index (χ3n) is 2.89. The number of halogens is 2. The Hall–Kier alpha value is -2.22. The number of ether oxygens (including phenoxy) is 1. The van der Waals surface area contributed by atoms with E-state index in [4.69, 9.17) is 33.2 Å². The molecule has 0 saturated carbocycles. The highest BCUT2D eigenvalue weighted by Crippen LogP contribution is 2.35. The Bertz CT molecular complexity index is 843. The number of rotatable bonds is 3. The number of nitrogens with zero attached hydrogens (tertiary/aromatic N) is 2. The van der Waals surface area contributed by atoms with Crippen molar-refractivity contribution in [2.75, 3.05) is 12.4 Å². The van der Waals surface area contributed by atoms with E-state index in [0.29, 0.717) is 43.3 Å². The lowest BCUT2D eigenvalue weighted by atomic mass is 10.2. The van der Waals surface area contributed by atoms with Crippen molar-refractivity contribution < 1.29 is 4.74 Å². The predicted molar refractivity (Wildman–Crippen MR) is 85.5 cm³/mol. The number of methoxy groups -OCH3 is 1. The summed E-state index contributed by atoms with van der Waals surface area (Å²) < 4.78 is 5.15. The lowest BCUT2D eigenvalue weighted by molar-refractivity contribution is 0.415. The summed E-state index contributed by atoms with van der Waals surface area (Å²) in [6, 6.07) is 5.26. The van der Waals surface area contributed by atoms with E-state index in [1.165, 1.54) is 13.3 Å². The van der Waals surface area contributed by atoms with Crippen LogP contribution in [0.1, 0.15) is 5.56 Å². The van der Waals surface area contributed by atoms with Crippen LogP contribution in [0.25, 0.3) is 13.2 Å². The van der Waals surface area contributed by atoms with Gasteiger partial charge in [-0.15, -0.1) is 0 Å². The molecule has 2 aromatic rings. The standard InChI is InChI=1S/C15H11Cl2N3O/c1-8-9(2)19-7-10(6-18)15(8)20-13-5-14(21-3)12(17)4-11(13)16/h4-5,7,20H,1-2H2,3H3. The summed E-state index contributed by atoms with van der Waals surface area (Å²) in [5, 5.41) is 14.0. The van der Waals surface area contributed by atoms with Gasteiger partial charge in [-0.3, -0.25) is 4.98 Å². The second kappa shape index (κ2) is 6.04. The Morgan fingerprint density at radius 1 is 1.29 bits per heavy atom. The fourth-order valence-corrected chi connectivity index (χ4v) is 2.24. The predicted octanol–water partition coefficient (Wildman–Crippen LogP) is 2.83. The molecule has 0 amide bonds. The molecule has 0 radical (unpaired) electrons. The Balaban J connectivity index is 2.59. The van der Waals surface area contributed by atoms with E-state index in [1.54, 1.807) is 12.1 Å². The Morgan fingerprint density at radius 3 is 2.62 bits per heavy atom. The first kappa shape index (κ1) is 15.2. The molecule has 6 heteroatoms. The van der Waals surface area contributed by atoms with E-state index in [1.807, 2.05) is 0 Å². The third-order valence-corrected chi connectivity index (χ3v) is 3.50. The maximum absolute atomic E-state index is 9.17. The highest BCUT2D eigenvalue weighted by Gasteiger charge is 2.11. The van der Waals surface area contributed by atoms with Gasteiger partial charge in [0.15, 0.2) is 0 Å². The topological polar surface area (TPSA) is 57.9 Å². The summed E-state index contributed by atoms with van der Waals surface area (Å²) in [6.45, 7) is 7.64. The number of aromatic nitrogens is 1. The van der Waals surface area contributed by atoms with Crippen molar-refractivity contribution in [3.63, 3.8) is 0 Å². The summed E-state index contributed by atoms with van der Waals surface area (Å²) in [5.74, 6) is 0.469. The number of benzene rings is 1. The summed E-state index contributed by atoms with van der Waals surface area (Å²) in [4.78, 5) is 4.01. The van der Waals surface area contributed by atoms with Gasteiger partial charge in [-0.1, -0.05) is 36.4 Å². The van der Waals surface area contributed by atoms with Crippen molar-refractivity contribution in [1.82, 2.24) is 4.98 Å². The van der Waals surface area contributed by atoms with Gasteiger partial charge in [0, 0.05) is 17.5 Å². The van der Waals surface area contributed by atoms with Gasteiger partial charge >= 0.3 is 0 Å². The van der Waals surface area contributed by atoms with E-state index in [0.717, 1.165) is 0 Å². The minimum atomic E-state index is 0.345. The first-order valence-electron chi connectivity index (χ1n) is 5.85. The second-order valence-corrected chi connectivity index (χ2v) is 4.99. The average Bonchev–Trinajstić information content (AvgIpc) is 2.46. The van der Waals surface area contributed by atoms with Crippen molar-refractivity contribution in [1.29, 1.82) is 5.26 Å². The number of hydrogen-bond donors (Lipinski definition) is 1. The number of anilines is 2. The summed E-state index contributed by atoms with van der Waals surface area (Å²) in [5.41, 5.74) is 1.39. The average molecular weight is 320 g/mol. The molecular formula is C15H11Cl2N3O. The van der Waals surface area contributed by atoms with E-state index < -0.39 is 0 Å². The van der Waals surface area contributed by atoms with Gasteiger partial charge < -0.3 is 10.1 Å². The van der Waals surface area contributed by atoms with Gasteiger partial charge in [0.1, 0.15) is 11.8 Å². The number of hydrogen-bond acceptors (Lipinski definition) is 4. The molecule has 1 N–H and O–H groups in total. The van der Waals surface area contributed by atoms with Gasteiger partial charge in [0.25, 0.3) is 0 Å². The van der Waals surface area contributed by atoms with Crippen LogP contribution < -0.4 is 20.6 Å². The Labute approximate surface area is 131 Å². The molecule has 0 spiro atoms. The maximum Gasteiger partial charge on any atom is 0.139 e. The molecule has 1 aromatic carbocycles. The number of nitrogens with one attached hydrogen (secondary N) is 1. The van der Waals surface area contributed by atoms with Crippen molar-refractivity contribution in [2.24, 2.45) is 0 Å². The Morgan fingerprint density at radius 2 is 2.00 bits per heavy atom. The quantitative estimate of drug-likeness (QED) is 0.945. The third kappa shape index (κ3) is 2.94. The fourth-order valence-electron chi connectivity index (χ4n) is 1.74. The van der Waals surface area contributed by atoms with Crippen molar-refractivity contribution >= 4 is 47.7 Å². The van der Waals surface area contributed by atoms with Crippen LogP contribution in [0.3, 0.4) is 0 Å². The van der Waals surface area contributed by atoms with Crippen LogP contribution in [0.2, 0.25) is 10.0 Å². The van der Waals surface area contributed by atoms with Crippen LogP contribution >= 0.6 is 23.2 Å². The first-order valence-corrected chi connectivity index (χ1v) is 6.60. The molecule has 106 valence electrons. The molecule has 0 atom stereocenters. The van der Waals surface area contributed by atoms with E-state index >= 15 is 0 Å². The molecule has 0 fully saturated rings. The molecule has 21 heavy (non-hydrogen) atoms. The smallest absolute Gasteiger partial charge is 0.139 e. The second-order valence-electron chi connectivity index (χ2n) is 4.18. The molecule has 0 aliphatic carbocycles. The molecule has 0 aliphatic rings. The van der Waals surface area contributed by atoms with Crippen LogP contribution in [-0.4, -0.2) is 12.1 Å². The van der Waals surface area contributed by atoms with Crippen LogP contribution in [0.4, 0.5) is 11.4 Å². The zero-order valence-electron chi connectivity index (χ0n) is 11.2. The molecule has 0 saturated heterocycles. The molecule has 4 nitrogen and oxygen atoms in total. The normalized spacial score (nSPS) is 10.0. The molecule has 0 bridgehead atoms. The van der Waals surface area contributed by atoms with Crippen molar-refractivity contribution in [3.05, 3.63) is 44.5 Å². The van der Waals surface area contributed by atoms with E-state index in [-0.39, 0.29) is 0 Å². The van der Waals surface area contributed by atoms with Crippen molar-refractivity contribution in [2.45, 2.75) is 0 Å². The maximum atomic E-state index is 9.17. The fraction of sp³-hybridized carbons (Fsp3) is 0.0667. The Kier molecular flexibility index (Phi) is 4.37.